The summed E-state index contributed by atoms with van der Waals surface area (Å²) in [5.41, 5.74) is 0.146. The number of nitrogens with zero attached hydrogens (tertiary/aromatic N) is 1. The Morgan fingerprint density at radius 3 is 2.57 bits per heavy atom. The summed E-state index contributed by atoms with van der Waals surface area (Å²) < 4.78 is 5.20. The van der Waals surface area contributed by atoms with E-state index in [-0.39, 0.29) is 17.6 Å². The summed E-state index contributed by atoms with van der Waals surface area (Å²) in [5.74, 6) is -0.964. The monoisotopic (exact) mass is 298 g/mol. The van der Waals surface area contributed by atoms with Gasteiger partial charge in [0.1, 0.15) is 6.04 Å². The Balaban J connectivity index is 1.91. The van der Waals surface area contributed by atoms with Gasteiger partial charge in [-0.15, -0.1) is 0 Å². The van der Waals surface area contributed by atoms with Crippen LogP contribution in [0.2, 0.25) is 0 Å². The van der Waals surface area contributed by atoms with E-state index in [1.807, 2.05) is 0 Å². The maximum atomic E-state index is 12.3. The van der Waals surface area contributed by atoms with Gasteiger partial charge in [-0.05, 0) is 18.3 Å². The van der Waals surface area contributed by atoms with E-state index >= 15 is 0 Å². The van der Waals surface area contributed by atoms with E-state index in [0.29, 0.717) is 19.5 Å². The van der Waals surface area contributed by atoms with E-state index in [2.05, 4.69) is 12.2 Å². The van der Waals surface area contributed by atoms with Crippen molar-refractivity contribution in [2.24, 2.45) is 5.41 Å². The molecule has 120 valence electrons. The number of hydrogen-bond donors (Lipinski definition) is 2. The number of carboxylic acids is 1. The van der Waals surface area contributed by atoms with Gasteiger partial charge in [0.05, 0.1) is 6.10 Å². The molecule has 2 N–H and O–H groups in total. The number of hydrogen-bond acceptors (Lipinski definition) is 3. The third-order valence-electron chi connectivity index (χ3n) is 4.87. The number of aliphatic carboxylic acids is 1. The zero-order chi connectivity index (χ0) is 15.5. The van der Waals surface area contributed by atoms with Crippen molar-refractivity contribution in [1.29, 1.82) is 0 Å². The van der Waals surface area contributed by atoms with Crippen molar-refractivity contribution >= 4 is 12.0 Å². The van der Waals surface area contributed by atoms with Crippen LogP contribution in [0.3, 0.4) is 0 Å². The molecule has 1 aliphatic heterocycles. The molecule has 2 atom stereocenters. The molecule has 1 saturated heterocycles. The van der Waals surface area contributed by atoms with Crippen LogP contribution in [0, 0.1) is 5.41 Å². The fourth-order valence-corrected chi connectivity index (χ4v) is 3.40. The van der Waals surface area contributed by atoms with Crippen molar-refractivity contribution in [2.45, 2.75) is 57.6 Å². The molecule has 1 saturated carbocycles. The molecular formula is C15H26N2O4. The second kappa shape index (κ2) is 6.64. The molecule has 0 aromatic heterocycles. The van der Waals surface area contributed by atoms with Crippen LogP contribution >= 0.6 is 0 Å². The van der Waals surface area contributed by atoms with Gasteiger partial charge in [0.25, 0.3) is 0 Å². The Labute approximate surface area is 125 Å². The largest absolute Gasteiger partial charge is 0.480 e. The van der Waals surface area contributed by atoms with E-state index in [1.54, 1.807) is 7.11 Å². The van der Waals surface area contributed by atoms with Crippen molar-refractivity contribution in [3.05, 3.63) is 0 Å². The van der Waals surface area contributed by atoms with E-state index in [4.69, 9.17) is 4.74 Å². The van der Waals surface area contributed by atoms with Gasteiger partial charge in [-0.2, -0.15) is 0 Å². The maximum Gasteiger partial charge on any atom is 0.326 e. The smallest absolute Gasteiger partial charge is 0.326 e. The van der Waals surface area contributed by atoms with Crippen LogP contribution in [0.15, 0.2) is 0 Å². The second-order valence-electron chi connectivity index (χ2n) is 6.63. The topological polar surface area (TPSA) is 78.9 Å². The predicted molar refractivity (Wildman–Crippen MR) is 78.1 cm³/mol. The summed E-state index contributed by atoms with van der Waals surface area (Å²) >= 11 is 0. The summed E-state index contributed by atoms with van der Waals surface area (Å²) in [6.45, 7) is 3.16. The lowest BCUT2D eigenvalue weighted by Gasteiger charge is -2.34. The first-order valence-corrected chi connectivity index (χ1v) is 7.75. The number of urea groups is 1. The van der Waals surface area contributed by atoms with Gasteiger partial charge in [-0.3, -0.25) is 0 Å². The Morgan fingerprint density at radius 1 is 1.33 bits per heavy atom. The number of amides is 2. The van der Waals surface area contributed by atoms with Gasteiger partial charge in [-0.1, -0.05) is 26.2 Å². The highest BCUT2D eigenvalue weighted by Crippen LogP contribution is 2.35. The van der Waals surface area contributed by atoms with Crippen LogP contribution in [-0.4, -0.2) is 54.4 Å². The molecule has 6 heteroatoms. The summed E-state index contributed by atoms with van der Waals surface area (Å²) in [7, 11) is 1.55. The highest BCUT2D eigenvalue weighted by atomic mass is 16.5. The molecule has 0 radical (unpaired) electrons. The molecule has 0 bridgehead atoms. The van der Waals surface area contributed by atoms with Gasteiger partial charge >= 0.3 is 12.0 Å². The zero-order valence-corrected chi connectivity index (χ0v) is 12.9. The standard InChI is InChI=1S/C15H26N2O4/c1-15(6-4-3-5-7-15)10-16-14(20)17-9-11(21-2)8-12(17)13(18)19/h11-12H,3-10H2,1-2H3,(H,16,20)(H,18,19). The number of carbonyl (C=O) groups excluding carboxylic acids is 1. The van der Waals surface area contributed by atoms with E-state index in [0.717, 1.165) is 12.8 Å². The number of carboxylic acid groups (broad SMARTS) is 1. The molecule has 2 fully saturated rings. The molecule has 0 aromatic carbocycles. The van der Waals surface area contributed by atoms with Crippen LogP contribution in [0.1, 0.15) is 45.4 Å². The Morgan fingerprint density at radius 2 is 2.00 bits per heavy atom. The second-order valence-corrected chi connectivity index (χ2v) is 6.63. The number of likely N-dealkylation sites (tertiary alicyclic amines) is 1. The molecule has 6 nitrogen and oxygen atoms in total. The zero-order valence-electron chi connectivity index (χ0n) is 12.9. The normalized spacial score (nSPS) is 28.4. The average Bonchev–Trinajstić information content (AvgIpc) is 2.90. The fraction of sp³-hybridized carbons (Fsp3) is 0.867. The fourth-order valence-electron chi connectivity index (χ4n) is 3.40. The number of rotatable bonds is 4. The quantitative estimate of drug-likeness (QED) is 0.830. The Kier molecular flexibility index (Phi) is 5.08. The molecule has 1 aliphatic carbocycles. The van der Waals surface area contributed by atoms with Crippen molar-refractivity contribution in [2.75, 3.05) is 20.2 Å². The molecular weight excluding hydrogens is 272 g/mol. The van der Waals surface area contributed by atoms with Gasteiger partial charge in [-0.25, -0.2) is 9.59 Å². The minimum absolute atomic E-state index is 0.146. The SMILES string of the molecule is COC1CC(C(=O)O)N(C(=O)NCC2(C)CCCCC2)C1. The van der Waals surface area contributed by atoms with Crippen molar-refractivity contribution < 1.29 is 19.4 Å². The number of methoxy groups -OCH3 is 1. The van der Waals surface area contributed by atoms with Gasteiger partial charge < -0.3 is 20.1 Å². The van der Waals surface area contributed by atoms with Gasteiger partial charge in [0.2, 0.25) is 0 Å². The first-order chi connectivity index (χ1) is 9.95. The van der Waals surface area contributed by atoms with Crippen LogP contribution in [-0.2, 0) is 9.53 Å². The molecule has 2 aliphatic rings. The summed E-state index contributed by atoms with van der Waals surface area (Å²) in [4.78, 5) is 25.0. The predicted octanol–water partition coefficient (Wildman–Crippen LogP) is 1.84. The summed E-state index contributed by atoms with van der Waals surface area (Å²) in [6.07, 6.45) is 6.09. The van der Waals surface area contributed by atoms with Crippen molar-refractivity contribution in [1.82, 2.24) is 10.2 Å². The molecule has 0 spiro atoms. The first-order valence-electron chi connectivity index (χ1n) is 7.75. The highest BCUT2D eigenvalue weighted by molar-refractivity contribution is 5.83. The van der Waals surface area contributed by atoms with Crippen molar-refractivity contribution in [3.63, 3.8) is 0 Å². The minimum atomic E-state index is -0.964. The van der Waals surface area contributed by atoms with Crippen LogP contribution in [0.5, 0.6) is 0 Å². The van der Waals surface area contributed by atoms with Crippen molar-refractivity contribution in [3.8, 4) is 0 Å². The number of carbonyl (C=O) groups is 2. The average molecular weight is 298 g/mol. The lowest BCUT2D eigenvalue weighted by Crippen LogP contribution is -2.48. The van der Waals surface area contributed by atoms with Gasteiger partial charge in [0, 0.05) is 26.6 Å². The third-order valence-corrected chi connectivity index (χ3v) is 4.87. The molecule has 2 amide bonds. The Hall–Kier alpha value is -1.30. The van der Waals surface area contributed by atoms with Crippen LogP contribution in [0.25, 0.3) is 0 Å². The van der Waals surface area contributed by atoms with Gasteiger partial charge in [0.15, 0.2) is 0 Å². The third kappa shape index (κ3) is 3.87. The van der Waals surface area contributed by atoms with E-state index < -0.39 is 12.0 Å². The van der Waals surface area contributed by atoms with E-state index in [9.17, 15) is 14.7 Å². The lowest BCUT2D eigenvalue weighted by molar-refractivity contribution is -0.141. The van der Waals surface area contributed by atoms with Crippen LogP contribution in [0.4, 0.5) is 4.79 Å². The number of ether oxygens (including phenoxy) is 1. The maximum absolute atomic E-state index is 12.3. The van der Waals surface area contributed by atoms with E-state index in [1.165, 1.54) is 24.2 Å². The minimum Gasteiger partial charge on any atom is -0.480 e. The Bertz CT molecular complexity index is 393. The lowest BCUT2D eigenvalue weighted by atomic mass is 9.76. The molecule has 0 aromatic rings. The summed E-state index contributed by atoms with van der Waals surface area (Å²) in [5, 5.41) is 12.2. The molecule has 1 heterocycles. The molecule has 2 unspecified atom stereocenters. The first kappa shape index (κ1) is 16.1. The molecule has 21 heavy (non-hydrogen) atoms. The van der Waals surface area contributed by atoms with Crippen LogP contribution < -0.4 is 5.32 Å². The number of nitrogens with one attached hydrogen (secondary N) is 1. The summed E-state index contributed by atoms with van der Waals surface area (Å²) in [6, 6.07) is -1.07. The molecule has 2 rings (SSSR count). The highest BCUT2D eigenvalue weighted by Gasteiger charge is 2.40.